The third-order valence-corrected chi connectivity index (χ3v) is 2.83. The van der Waals surface area contributed by atoms with Crippen molar-refractivity contribution in [2.45, 2.75) is 32.6 Å². The molecular weight excluding hydrogens is 162 g/mol. The molecule has 0 unspecified atom stereocenters. The third-order valence-electron chi connectivity index (χ3n) is 2.45. The van der Waals surface area contributed by atoms with Crippen molar-refractivity contribution >= 4 is 16.8 Å². The van der Waals surface area contributed by atoms with E-state index in [9.17, 15) is 0 Å². The van der Waals surface area contributed by atoms with Gasteiger partial charge in [-0.25, -0.2) is 0 Å². The van der Waals surface area contributed by atoms with Crippen molar-refractivity contribution in [3.63, 3.8) is 0 Å². The van der Waals surface area contributed by atoms with E-state index < -0.39 is 0 Å². The summed E-state index contributed by atoms with van der Waals surface area (Å²) in [5.41, 5.74) is 0. The second kappa shape index (κ2) is 3.96. The van der Waals surface area contributed by atoms with Crippen LogP contribution in [-0.4, -0.2) is 10.4 Å². The van der Waals surface area contributed by atoms with Gasteiger partial charge in [-0.1, -0.05) is 36.5 Å². The van der Waals surface area contributed by atoms with Crippen LogP contribution in [0.4, 0.5) is 0 Å². The molecule has 1 rings (SSSR count). The average molecular weight is 176 g/mol. The van der Waals surface area contributed by atoms with E-state index in [2.05, 4.69) is 12.1 Å². The highest BCUT2D eigenvalue weighted by molar-refractivity contribution is 6.65. The monoisotopic (exact) mass is 175 g/mol. The molecule has 0 aromatic carbocycles. The summed E-state index contributed by atoms with van der Waals surface area (Å²) in [6.45, 7) is 2.25. The second-order valence-corrected chi connectivity index (χ2v) is 3.77. The first-order valence-electron chi connectivity index (χ1n) is 4.11. The van der Waals surface area contributed by atoms with Gasteiger partial charge in [0.2, 0.25) is 0 Å². The van der Waals surface area contributed by atoms with E-state index in [-0.39, 0.29) is 0 Å². The predicted octanol–water partition coefficient (Wildman–Crippen LogP) is 2.84. The van der Waals surface area contributed by atoms with Gasteiger partial charge in [-0.15, -0.1) is 0 Å². The standard InChI is InChI=1S/C8H14ClNO/c1-6-2-4-7(5-3-6)8(9)10-11/h6-7,11H,2-5H2,1H3/b10-8-. The van der Waals surface area contributed by atoms with Gasteiger partial charge in [0.1, 0.15) is 5.17 Å². The zero-order valence-corrected chi connectivity index (χ0v) is 7.51. The highest BCUT2D eigenvalue weighted by Crippen LogP contribution is 2.29. The Hall–Kier alpha value is -0.240. The molecule has 0 heterocycles. The minimum absolute atomic E-state index is 0.317. The third kappa shape index (κ3) is 2.37. The molecule has 3 heteroatoms. The molecule has 0 spiro atoms. The maximum Gasteiger partial charge on any atom is 0.148 e. The van der Waals surface area contributed by atoms with Crippen molar-refractivity contribution in [3.8, 4) is 0 Å². The highest BCUT2D eigenvalue weighted by Gasteiger charge is 2.21. The van der Waals surface area contributed by atoms with Crippen LogP contribution in [0, 0.1) is 11.8 Å². The molecule has 0 atom stereocenters. The highest BCUT2D eigenvalue weighted by atomic mass is 35.5. The van der Waals surface area contributed by atoms with Gasteiger partial charge in [-0.05, 0) is 18.8 Å². The SMILES string of the molecule is CC1CCC(/C(Cl)=N/O)CC1. The van der Waals surface area contributed by atoms with Crippen LogP contribution in [0.5, 0.6) is 0 Å². The minimum Gasteiger partial charge on any atom is -0.410 e. The first kappa shape index (κ1) is 8.85. The zero-order valence-electron chi connectivity index (χ0n) is 6.76. The molecule has 0 aliphatic heterocycles. The van der Waals surface area contributed by atoms with Crippen molar-refractivity contribution < 1.29 is 5.21 Å². The Bertz CT molecular complexity index is 150. The predicted molar refractivity (Wildman–Crippen MR) is 46.2 cm³/mol. The first-order valence-corrected chi connectivity index (χ1v) is 4.49. The van der Waals surface area contributed by atoms with E-state index in [0.29, 0.717) is 11.1 Å². The fraction of sp³-hybridized carbons (Fsp3) is 0.875. The van der Waals surface area contributed by atoms with Gasteiger partial charge in [0, 0.05) is 5.92 Å². The molecule has 1 fully saturated rings. The largest absolute Gasteiger partial charge is 0.410 e. The lowest BCUT2D eigenvalue weighted by molar-refractivity contribution is 0.303. The molecule has 0 radical (unpaired) electrons. The average Bonchev–Trinajstić information content (AvgIpc) is 2.05. The maximum absolute atomic E-state index is 8.41. The summed E-state index contributed by atoms with van der Waals surface area (Å²) in [7, 11) is 0. The number of hydrogen-bond donors (Lipinski definition) is 1. The number of rotatable bonds is 1. The second-order valence-electron chi connectivity index (χ2n) is 3.38. The van der Waals surface area contributed by atoms with E-state index in [0.717, 1.165) is 18.8 Å². The zero-order chi connectivity index (χ0) is 8.27. The summed E-state index contributed by atoms with van der Waals surface area (Å²) < 4.78 is 0. The summed E-state index contributed by atoms with van der Waals surface area (Å²) in [6.07, 6.45) is 4.56. The molecule has 0 aromatic rings. The van der Waals surface area contributed by atoms with E-state index in [1.54, 1.807) is 0 Å². The lowest BCUT2D eigenvalue weighted by Gasteiger charge is -2.24. The van der Waals surface area contributed by atoms with Crippen molar-refractivity contribution in [2.75, 3.05) is 0 Å². The normalized spacial score (nSPS) is 33.8. The van der Waals surface area contributed by atoms with Crippen LogP contribution in [0.25, 0.3) is 0 Å². The smallest absolute Gasteiger partial charge is 0.148 e. The molecule has 1 aliphatic carbocycles. The van der Waals surface area contributed by atoms with Gasteiger partial charge in [0.25, 0.3) is 0 Å². The van der Waals surface area contributed by atoms with E-state index in [1.165, 1.54) is 12.8 Å². The number of oxime groups is 1. The van der Waals surface area contributed by atoms with Crippen LogP contribution < -0.4 is 0 Å². The summed E-state index contributed by atoms with van der Waals surface area (Å²) in [6, 6.07) is 0. The van der Waals surface area contributed by atoms with Crippen molar-refractivity contribution in [3.05, 3.63) is 0 Å². The Kier molecular flexibility index (Phi) is 3.18. The van der Waals surface area contributed by atoms with Crippen LogP contribution in [0.1, 0.15) is 32.6 Å². The molecule has 0 amide bonds. The van der Waals surface area contributed by atoms with Crippen molar-refractivity contribution in [1.82, 2.24) is 0 Å². The Labute approximate surface area is 72.2 Å². The lowest BCUT2D eigenvalue weighted by atomic mass is 9.83. The number of nitrogens with zero attached hydrogens (tertiary/aromatic N) is 1. The van der Waals surface area contributed by atoms with Gasteiger partial charge in [-0.3, -0.25) is 0 Å². The lowest BCUT2D eigenvalue weighted by Crippen LogP contribution is -2.17. The minimum atomic E-state index is 0.317. The van der Waals surface area contributed by atoms with Gasteiger partial charge >= 0.3 is 0 Å². The van der Waals surface area contributed by atoms with Gasteiger partial charge in [0.15, 0.2) is 0 Å². The molecule has 0 bridgehead atoms. The van der Waals surface area contributed by atoms with Crippen molar-refractivity contribution in [2.24, 2.45) is 17.0 Å². The molecular formula is C8H14ClNO. The van der Waals surface area contributed by atoms with E-state index in [4.69, 9.17) is 16.8 Å². The fourth-order valence-electron chi connectivity index (χ4n) is 1.58. The molecule has 1 N–H and O–H groups in total. The van der Waals surface area contributed by atoms with Crippen molar-refractivity contribution in [1.29, 1.82) is 0 Å². The summed E-state index contributed by atoms with van der Waals surface area (Å²) >= 11 is 5.69. The summed E-state index contributed by atoms with van der Waals surface area (Å²) in [5.74, 6) is 1.13. The molecule has 1 saturated carbocycles. The summed E-state index contributed by atoms with van der Waals surface area (Å²) in [5, 5.41) is 11.8. The molecule has 11 heavy (non-hydrogen) atoms. The summed E-state index contributed by atoms with van der Waals surface area (Å²) in [4.78, 5) is 0. The fourth-order valence-corrected chi connectivity index (χ4v) is 1.80. The Balaban J connectivity index is 2.39. The van der Waals surface area contributed by atoms with E-state index >= 15 is 0 Å². The number of halogens is 1. The van der Waals surface area contributed by atoms with Crippen LogP contribution in [0.15, 0.2) is 5.16 Å². The Morgan fingerprint density at radius 2 is 1.91 bits per heavy atom. The topological polar surface area (TPSA) is 32.6 Å². The molecule has 64 valence electrons. The Morgan fingerprint density at radius 1 is 1.36 bits per heavy atom. The number of hydrogen-bond acceptors (Lipinski definition) is 2. The molecule has 2 nitrogen and oxygen atoms in total. The van der Waals surface area contributed by atoms with Crippen LogP contribution >= 0.6 is 11.6 Å². The van der Waals surface area contributed by atoms with Crippen LogP contribution in [0.2, 0.25) is 0 Å². The quantitative estimate of drug-likeness (QED) is 0.371. The molecule has 0 saturated heterocycles. The Morgan fingerprint density at radius 3 is 2.36 bits per heavy atom. The van der Waals surface area contributed by atoms with Crippen LogP contribution in [0.3, 0.4) is 0 Å². The van der Waals surface area contributed by atoms with Crippen LogP contribution in [-0.2, 0) is 0 Å². The van der Waals surface area contributed by atoms with E-state index in [1.807, 2.05) is 0 Å². The van der Waals surface area contributed by atoms with Gasteiger partial charge in [0.05, 0.1) is 0 Å². The molecule has 0 aromatic heterocycles. The van der Waals surface area contributed by atoms with Gasteiger partial charge in [-0.2, -0.15) is 0 Å². The first-order chi connectivity index (χ1) is 5.24. The maximum atomic E-state index is 8.41. The molecule has 1 aliphatic rings. The van der Waals surface area contributed by atoms with Gasteiger partial charge < -0.3 is 5.21 Å².